The average Bonchev–Trinajstić information content (AvgIpc) is 2.81. The zero-order chi connectivity index (χ0) is 25.6. The zero-order valence-electron chi connectivity index (χ0n) is 22.4. The van der Waals surface area contributed by atoms with Crippen LogP contribution in [0.25, 0.3) is 11.0 Å². The highest BCUT2D eigenvalue weighted by Crippen LogP contribution is 2.46. The number of nitrogens with zero attached hydrogens (tertiary/aromatic N) is 3. The Bertz CT molecular complexity index is 1150. The highest BCUT2D eigenvalue weighted by Gasteiger charge is 2.44. The topological polar surface area (TPSA) is 75.4 Å². The Kier molecular flexibility index (Phi) is 7.01. The predicted molar refractivity (Wildman–Crippen MR) is 143 cm³/mol. The van der Waals surface area contributed by atoms with E-state index in [1.165, 1.54) is 51.4 Å². The third-order valence-electron chi connectivity index (χ3n) is 9.68. The molecule has 196 valence electrons. The van der Waals surface area contributed by atoms with E-state index in [9.17, 15) is 14.7 Å². The van der Waals surface area contributed by atoms with Crippen LogP contribution in [0.4, 0.5) is 0 Å². The monoisotopic (exact) mass is 493 g/mol. The Hall–Kier alpha value is -2.21. The first-order valence-electron chi connectivity index (χ1n) is 14.2. The molecule has 5 rings (SSSR count). The van der Waals surface area contributed by atoms with Crippen molar-refractivity contribution in [3.63, 3.8) is 0 Å². The minimum absolute atomic E-state index is 0.0156. The third-order valence-corrected chi connectivity index (χ3v) is 9.68. The number of hydrogen-bond donors (Lipinski definition) is 1. The van der Waals surface area contributed by atoms with Crippen molar-refractivity contribution in [2.24, 2.45) is 17.3 Å². The molecule has 0 spiro atoms. The molecule has 1 saturated carbocycles. The first-order valence-corrected chi connectivity index (χ1v) is 14.2. The SMILES string of the molecule is CCC1(C)C[C@H](C)C[C@H](N2[C@@H]3CCC[C@H]2C[C@@H](n2c(=O)c(C(=O)O)nc4ccccc42)C3)C[C@H](C)C1. The van der Waals surface area contributed by atoms with Crippen molar-refractivity contribution in [1.82, 2.24) is 14.5 Å². The maximum absolute atomic E-state index is 13.4. The number of carboxylic acid groups (broad SMARTS) is 1. The Labute approximate surface area is 215 Å². The van der Waals surface area contributed by atoms with Crippen LogP contribution in [0.3, 0.4) is 0 Å². The summed E-state index contributed by atoms with van der Waals surface area (Å²) in [5.41, 5.74) is 0.991. The summed E-state index contributed by atoms with van der Waals surface area (Å²) < 4.78 is 1.78. The molecule has 7 atom stereocenters. The van der Waals surface area contributed by atoms with Crippen molar-refractivity contribution < 1.29 is 9.90 Å². The molecule has 36 heavy (non-hydrogen) atoms. The van der Waals surface area contributed by atoms with Crippen LogP contribution in [0, 0.1) is 17.3 Å². The van der Waals surface area contributed by atoms with E-state index in [0.717, 1.165) is 30.2 Å². The molecule has 2 saturated heterocycles. The smallest absolute Gasteiger partial charge is 0.360 e. The number of aromatic nitrogens is 2. The van der Waals surface area contributed by atoms with E-state index >= 15 is 0 Å². The number of fused-ring (bicyclic) bond motifs is 3. The van der Waals surface area contributed by atoms with E-state index < -0.39 is 11.5 Å². The highest BCUT2D eigenvalue weighted by atomic mass is 16.4. The fourth-order valence-electron chi connectivity index (χ4n) is 8.34. The summed E-state index contributed by atoms with van der Waals surface area (Å²) in [6.07, 6.45) is 11.8. The van der Waals surface area contributed by atoms with Crippen molar-refractivity contribution in [2.75, 3.05) is 0 Å². The minimum atomic E-state index is -1.24. The van der Waals surface area contributed by atoms with E-state index in [0.29, 0.717) is 29.1 Å². The first kappa shape index (κ1) is 25.4. The largest absolute Gasteiger partial charge is 0.476 e. The predicted octanol–water partition coefficient (Wildman–Crippen LogP) is 6.28. The average molecular weight is 494 g/mol. The highest BCUT2D eigenvalue weighted by molar-refractivity contribution is 5.88. The second-order valence-electron chi connectivity index (χ2n) is 12.6. The number of benzene rings is 1. The standard InChI is InChI=1S/C30H43N3O3/c1-5-30(4)17-19(2)13-23(14-20(3)18-30)32-21-9-8-10-22(32)16-24(15-21)33-26-12-7-6-11-25(26)31-27(28(33)34)29(35)36/h6-7,11-12,19-24H,5,8-10,13-18H2,1-4H3,(H,35,36)/t19-,20+,21-,22+,23+,24+,30?. The second kappa shape index (κ2) is 9.92. The van der Waals surface area contributed by atoms with Gasteiger partial charge in [-0.05, 0) is 80.8 Å². The molecule has 6 nitrogen and oxygen atoms in total. The quantitative estimate of drug-likeness (QED) is 0.542. The third kappa shape index (κ3) is 4.73. The molecule has 2 bridgehead atoms. The number of rotatable bonds is 4. The summed E-state index contributed by atoms with van der Waals surface area (Å²) >= 11 is 0. The zero-order valence-corrected chi connectivity index (χ0v) is 22.4. The van der Waals surface area contributed by atoms with Crippen LogP contribution < -0.4 is 5.56 Å². The van der Waals surface area contributed by atoms with E-state index in [4.69, 9.17) is 0 Å². The van der Waals surface area contributed by atoms with E-state index in [2.05, 4.69) is 37.6 Å². The minimum Gasteiger partial charge on any atom is -0.476 e. The van der Waals surface area contributed by atoms with Crippen LogP contribution in [0.5, 0.6) is 0 Å². The van der Waals surface area contributed by atoms with Crippen molar-refractivity contribution in [3.05, 3.63) is 40.3 Å². The van der Waals surface area contributed by atoms with Gasteiger partial charge in [0.2, 0.25) is 5.69 Å². The van der Waals surface area contributed by atoms with Gasteiger partial charge in [-0.25, -0.2) is 9.78 Å². The molecule has 0 amide bonds. The molecule has 3 heterocycles. The molecule has 2 aromatic rings. The molecule has 3 aliphatic rings. The van der Waals surface area contributed by atoms with Crippen LogP contribution in [-0.4, -0.2) is 43.7 Å². The second-order valence-corrected chi connectivity index (χ2v) is 12.6. The van der Waals surface area contributed by atoms with Crippen LogP contribution >= 0.6 is 0 Å². The molecule has 6 heteroatoms. The number of carboxylic acids is 1. The van der Waals surface area contributed by atoms with Crippen molar-refractivity contribution in [1.29, 1.82) is 0 Å². The molecule has 1 N–H and O–H groups in total. The van der Waals surface area contributed by atoms with Crippen molar-refractivity contribution in [3.8, 4) is 0 Å². The van der Waals surface area contributed by atoms with Gasteiger partial charge in [0.25, 0.3) is 5.56 Å². The number of carbonyl (C=O) groups is 1. The summed E-state index contributed by atoms with van der Waals surface area (Å²) in [5.74, 6) is 0.195. The van der Waals surface area contributed by atoms with Crippen LogP contribution in [0.15, 0.2) is 29.1 Å². The number of hydrogen-bond acceptors (Lipinski definition) is 4. The van der Waals surface area contributed by atoms with Crippen LogP contribution in [-0.2, 0) is 0 Å². The molecule has 0 radical (unpaired) electrons. The molecule has 1 aromatic carbocycles. The summed E-state index contributed by atoms with van der Waals surface area (Å²) in [6, 6.07) is 9.03. The molecule has 1 aromatic heterocycles. The van der Waals surface area contributed by atoms with Gasteiger partial charge in [-0.1, -0.05) is 52.7 Å². The lowest BCUT2D eigenvalue weighted by Gasteiger charge is -2.54. The normalized spacial score (nSPS) is 35.8. The van der Waals surface area contributed by atoms with Crippen LogP contribution in [0.1, 0.15) is 108 Å². The Morgan fingerprint density at radius 3 is 2.19 bits per heavy atom. The fraction of sp³-hybridized carbons (Fsp3) is 0.700. The Morgan fingerprint density at radius 2 is 1.61 bits per heavy atom. The molecule has 1 aliphatic carbocycles. The van der Waals surface area contributed by atoms with Crippen LogP contribution in [0.2, 0.25) is 0 Å². The van der Waals surface area contributed by atoms with Crippen molar-refractivity contribution in [2.45, 2.75) is 116 Å². The lowest BCUT2D eigenvalue weighted by atomic mass is 9.68. The van der Waals surface area contributed by atoms with E-state index in [1.807, 2.05) is 24.3 Å². The summed E-state index contributed by atoms with van der Waals surface area (Å²) in [5, 5.41) is 9.69. The van der Waals surface area contributed by atoms with Gasteiger partial charge in [0, 0.05) is 24.2 Å². The van der Waals surface area contributed by atoms with Gasteiger partial charge in [-0.3, -0.25) is 9.69 Å². The van der Waals surface area contributed by atoms with Gasteiger partial charge in [0.15, 0.2) is 0 Å². The number of aromatic carboxylic acids is 1. The van der Waals surface area contributed by atoms with E-state index in [1.54, 1.807) is 4.57 Å². The Balaban J connectivity index is 1.46. The summed E-state index contributed by atoms with van der Waals surface area (Å²) in [7, 11) is 0. The molecular weight excluding hydrogens is 450 g/mol. The summed E-state index contributed by atoms with van der Waals surface area (Å²) in [6.45, 7) is 9.75. The van der Waals surface area contributed by atoms with Gasteiger partial charge >= 0.3 is 5.97 Å². The van der Waals surface area contributed by atoms with Gasteiger partial charge in [0.1, 0.15) is 0 Å². The fourth-order valence-corrected chi connectivity index (χ4v) is 8.34. The van der Waals surface area contributed by atoms with Gasteiger partial charge in [-0.2, -0.15) is 0 Å². The molecule has 1 unspecified atom stereocenters. The maximum Gasteiger partial charge on any atom is 0.360 e. The first-order chi connectivity index (χ1) is 17.2. The number of piperidine rings is 2. The molecule has 3 fully saturated rings. The van der Waals surface area contributed by atoms with Gasteiger partial charge < -0.3 is 9.67 Å². The summed E-state index contributed by atoms with van der Waals surface area (Å²) in [4.78, 5) is 32.3. The Morgan fingerprint density at radius 1 is 1.00 bits per heavy atom. The molecule has 2 aliphatic heterocycles. The van der Waals surface area contributed by atoms with Gasteiger partial charge in [-0.15, -0.1) is 0 Å². The number of para-hydroxylation sites is 2. The van der Waals surface area contributed by atoms with E-state index in [-0.39, 0.29) is 11.7 Å². The van der Waals surface area contributed by atoms with Gasteiger partial charge in [0.05, 0.1) is 11.0 Å². The molecular formula is C30H43N3O3. The lowest BCUT2D eigenvalue weighted by molar-refractivity contribution is -0.0391. The lowest BCUT2D eigenvalue weighted by Crippen LogP contribution is -2.58. The maximum atomic E-state index is 13.4. The van der Waals surface area contributed by atoms with Crippen molar-refractivity contribution >= 4 is 17.0 Å².